The van der Waals surface area contributed by atoms with Crippen LogP contribution in [0.25, 0.3) is 0 Å². The number of aromatic nitrogens is 2. The highest BCUT2D eigenvalue weighted by Gasteiger charge is 2.46. The van der Waals surface area contributed by atoms with Crippen molar-refractivity contribution in [3.8, 4) is 5.88 Å². The minimum atomic E-state index is -2.62. The van der Waals surface area contributed by atoms with Crippen LogP contribution in [0.5, 0.6) is 5.88 Å². The third kappa shape index (κ3) is 14.0. The van der Waals surface area contributed by atoms with Gasteiger partial charge in [-0.2, -0.15) is 0 Å². The molecular formula is C33H53F3N2O. The molecule has 4 rings (SSSR count). The Morgan fingerprint density at radius 3 is 1.90 bits per heavy atom. The van der Waals surface area contributed by atoms with E-state index in [1.165, 1.54) is 49.9 Å². The number of nitrogens with zero attached hydrogens (tertiary/aromatic N) is 2. The van der Waals surface area contributed by atoms with Crippen LogP contribution in [-0.4, -0.2) is 22.0 Å². The van der Waals surface area contributed by atoms with E-state index in [-0.39, 0.29) is 24.7 Å². The Morgan fingerprint density at radius 2 is 1.56 bits per heavy atom. The number of hydrogen-bond acceptors (Lipinski definition) is 3. The Bertz CT molecular complexity index is 900. The number of halogens is 3. The molecule has 0 amide bonds. The maximum atomic E-state index is 13.6. The molecule has 0 N–H and O–H groups in total. The molecule has 3 nitrogen and oxygen atoms in total. The molecule has 0 bridgehead atoms. The van der Waals surface area contributed by atoms with Crippen LogP contribution in [0.1, 0.15) is 142 Å². The molecule has 2 aliphatic carbocycles. The maximum Gasteiger partial charge on any atom is 0.249 e. The van der Waals surface area contributed by atoms with Gasteiger partial charge in [-0.15, -0.1) is 6.58 Å². The van der Waals surface area contributed by atoms with E-state index >= 15 is 0 Å². The van der Waals surface area contributed by atoms with Gasteiger partial charge in [-0.05, 0) is 55.6 Å². The molecule has 0 spiro atoms. The average Bonchev–Trinajstić information content (AvgIpc) is 2.87. The van der Waals surface area contributed by atoms with Gasteiger partial charge in [0.1, 0.15) is 11.9 Å². The molecule has 0 saturated heterocycles. The smallest absolute Gasteiger partial charge is 0.249 e. The maximum absolute atomic E-state index is 13.6. The summed E-state index contributed by atoms with van der Waals surface area (Å²) in [6.07, 6.45) is 11.3. The number of ether oxygens (including phenoxy) is 1. The Hall–Kier alpha value is -2.37. The molecule has 222 valence electrons. The first kappa shape index (κ1) is 36.6. The van der Waals surface area contributed by atoms with Gasteiger partial charge in [0.25, 0.3) is 0 Å². The predicted octanol–water partition coefficient (Wildman–Crippen LogP) is 11.0. The normalized spacial score (nSPS) is 15.4. The monoisotopic (exact) mass is 550 g/mol. The molecule has 2 saturated carbocycles. The van der Waals surface area contributed by atoms with Crippen LogP contribution in [-0.2, 0) is 0 Å². The summed E-state index contributed by atoms with van der Waals surface area (Å²) in [5.41, 5.74) is 2.26. The lowest BCUT2D eigenvalue weighted by molar-refractivity contribution is -0.0874. The molecule has 0 aromatic carbocycles. The number of rotatable bonds is 6. The van der Waals surface area contributed by atoms with E-state index in [0.29, 0.717) is 23.3 Å². The molecule has 2 aromatic heterocycles. The Balaban J connectivity index is 0.000000573. The summed E-state index contributed by atoms with van der Waals surface area (Å²) in [6, 6.07) is 5.44. The van der Waals surface area contributed by atoms with Crippen molar-refractivity contribution in [2.45, 2.75) is 137 Å². The summed E-state index contributed by atoms with van der Waals surface area (Å²) in [5.74, 6) is -1.93. The standard InChI is InChI=1S/C12H14F3N.C12H17NO.C4H10.C3H6.C2H6/c1-7(2)11-3-10(13)9(6-16-11)8-4-12(14,15)5-8;1-9(2)10-6-7-12(13-8-10)14-11-4-3-5-11;1-3-4-2;1-3-2;1-2/h3,6-8H,4-5H2,1-2H3;6-9,11H,3-5H2,1-2H3;3-4H2,1-2H3;3H,1H2,2H3;1-2H3. The lowest BCUT2D eigenvalue weighted by atomic mass is 9.77. The van der Waals surface area contributed by atoms with Crippen LogP contribution in [0.4, 0.5) is 13.2 Å². The van der Waals surface area contributed by atoms with Crippen LogP contribution in [0.15, 0.2) is 43.2 Å². The van der Waals surface area contributed by atoms with E-state index in [4.69, 9.17) is 4.74 Å². The predicted molar refractivity (Wildman–Crippen MR) is 160 cm³/mol. The SMILES string of the molecule is C=CC.CC.CC(C)c1cc(F)c(C2CC(F)(F)C2)cn1.CC(C)c1ccc(OC2CCC2)nc1.CCCC. The summed E-state index contributed by atoms with van der Waals surface area (Å²) >= 11 is 0. The van der Waals surface area contributed by atoms with Crippen molar-refractivity contribution in [3.63, 3.8) is 0 Å². The van der Waals surface area contributed by atoms with E-state index < -0.39 is 11.7 Å². The number of pyridine rings is 2. The van der Waals surface area contributed by atoms with Gasteiger partial charge >= 0.3 is 0 Å². The molecule has 2 aromatic rings. The molecular weight excluding hydrogens is 497 g/mol. The first-order chi connectivity index (χ1) is 18.5. The highest BCUT2D eigenvalue weighted by molar-refractivity contribution is 5.25. The van der Waals surface area contributed by atoms with Crippen LogP contribution in [0, 0.1) is 5.82 Å². The minimum absolute atomic E-state index is 0.145. The second kappa shape index (κ2) is 19.7. The number of unbranched alkanes of at least 4 members (excludes halogenated alkanes) is 1. The van der Waals surface area contributed by atoms with Crippen LogP contribution in [0.3, 0.4) is 0 Å². The molecule has 6 heteroatoms. The van der Waals surface area contributed by atoms with Gasteiger partial charge in [0, 0.05) is 42.6 Å². The molecule has 0 unspecified atom stereocenters. The Kier molecular flexibility index (Phi) is 18.5. The zero-order valence-electron chi connectivity index (χ0n) is 25.9. The van der Waals surface area contributed by atoms with Crippen molar-refractivity contribution in [2.75, 3.05) is 0 Å². The Labute approximate surface area is 236 Å². The van der Waals surface area contributed by atoms with E-state index in [2.05, 4.69) is 50.3 Å². The van der Waals surface area contributed by atoms with Crippen molar-refractivity contribution in [1.29, 1.82) is 0 Å². The largest absolute Gasteiger partial charge is 0.474 e. The van der Waals surface area contributed by atoms with Crippen LogP contribution >= 0.6 is 0 Å². The molecule has 39 heavy (non-hydrogen) atoms. The fraction of sp³-hybridized carbons (Fsp3) is 0.636. The third-order valence-corrected chi connectivity index (χ3v) is 6.29. The zero-order chi connectivity index (χ0) is 30.0. The van der Waals surface area contributed by atoms with Crippen molar-refractivity contribution in [1.82, 2.24) is 9.97 Å². The van der Waals surface area contributed by atoms with Crippen molar-refractivity contribution < 1.29 is 17.9 Å². The molecule has 2 heterocycles. The average molecular weight is 551 g/mol. The Morgan fingerprint density at radius 1 is 1.00 bits per heavy atom. The van der Waals surface area contributed by atoms with E-state index in [1.54, 1.807) is 6.08 Å². The zero-order valence-corrected chi connectivity index (χ0v) is 25.9. The number of allylic oxidation sites excluding steroid dienone is 1. The molecule has 0 radical (unpaired) electrons. The fourth-order valence-corrected chi connectivity index (χ4v) is 3.42. The fourth-order valence-electron chi connectivity index (χ4n) is 3.42. The van der Waals surface area contributed by atoms with Crippen molar-refractivity contribution in [3.05, 3.63) is 65.9 Å². The summed E-state index contributed by atoms with van der Waals surface area (Å²) in [7, 11) is 0. The highest BCUT2D eigenvalue weighted by Crippen LogP contribution is 2.48. The van der Waals surface area contributed by atoms with Gasteiger partial charge < -0.3 is 4.74 Å². The first-order valence-electron chi connectivity index (χ1n) is 14.7. The summed E-state index contributed by atoms with van der Waals surface area (Å²) in [5, 5.41) is 0. The van der Waals surface area contributed by atoms with Gasteiger partial charge in [-0.1, -0.05) is 80.4 Å². The van der Waals surface area contributed by atoms with E-state index in [1.807, 2.05) is 46.9 Å². The molecule has 2 aliphatic rings. The topological polar surface area (TPSA) is 35.0 Å². The van der Waals surface area contributed by atoms with Gasteiger partial charge in [0.2, 0.25) is 11.8 Å². The van der Waals surface area contributed by atoms with Gasteiger partial charge in [-0.3, -0.25) is 4.98 Å². The second-order valence-corrected chi connectivity index (χ2v) is 10.4. The third-order valence-electron chi connectivity index (χ3n) is 6.29. The van der Waals surface area contributed by atoms with Gasteiger partial charge in [0.15, 0.2) is 0 Å². The number of alkyl halides is 2. The molecule has 0 atom stereocenters. The number of hydrogen-bond donors (Lipinski definition) is 0. The second-order valence-electron chi connectivity index (χ2n) is 10.4. The summed E-state index contributed by atoms with van der Waals surface area (Å²) in [4.78, 5) is 8.40. The van der Waals surface area contributed by atoms with Gasteiger partial charge in [0.05, 0.1) is 0 Å². The summed E-state index contributed by atoms with van der Waals surface area (Å²) in [6.45, 7) is 21.8. The van der Waals surface area contributed by atoms with E-state index in [9.17, 15) is 13.2 Å². The first-order valence-corrected chi connectivity index (χ1v) is 14.7. The summed E-state index contributed by atoms with van der Waals surface area (Å²) < 4.78 is 44.7. The van der Waals surface area contributed by atoms with Crippen molar-refractivity contribution >= 4 is 0 Å². The lowest BCUT2D eigenvalue weighted by Gasteiger charge is -2.35. The quantitative estimate of drug-likeness (QED) is 0.336. The van der Waals surface area contributed by atoms with Crippen LogP contribution < -0.4 is 4.74 Å². The lowest BCUT2D eigenvalue weighted by Crippen LogP contribution is -2.34. The highest BCUT2D eigenvalue weighted by atomic mass is 19.3. The van der Waals surface area contributed by atoms with Gasteiger partial charge in [-0.25, -0.2) is 18.2 Å². The van der Waals surface area contributed by atoms with E-state index in [0.717, 1.165) is 5.88 Å². The molecule has 2 fully saturated rings. The van der Waals surface area contributed by atoms with Crippen LogP contribution in [0.2, 0.25) is 0 Å². The van der Waals surface area contributed by atoms with Crippen molar-refractivity contribution in [2.24, 2.45) is 0 Å². The minimum Gasteiger partial charge on any atom is -0.474 e. The molecule has 0 aliphatic heterocycles.